The molecule has 0 spiro atoms. The van der Waals surface area contributed by atoms with Crippen molar-refractivity contribution in [1.82, 2.24) is 0 Å². The maximum atomic E-state index is 10.6. The highest BCUT2D eigenvalue weighted by molar-refractivity contribution is 5.65. The van der Waals surface area contributed by atoms with Gasteiger partial charge in [0.15, 0.2) is 0 Å². The Labute approximate surface area is 81.5 Å². The monoisotopic (exact) mass is 183 g/mol. The largest absolute Gasteiger partial charge is 0.497 e. The van der Waals surface area contributed by atoms with E-state index < -0.39 is 7.04 Å². The molecule has 1 aromatic rings. The van der Waals surface area contributed by atoms with E-state index in [1.807, 2.05) is 0 Å². The van der Waals surface area contributed by atoms with E-state index in [9.17, 15) is 4.79 Å². The third kappa shape index (κ3) is 3.15. The van der Waals surface area contributed by atoms with Gasteiger partial charge in [-0.05, 0) is 17.7 Å². The Kier molecular flexibility index (Phi) is 2.08. The smallest absolute Gasteiger partial charge is 0.302 e. The number of esters is 1. The number of methoxy groups -OCH3 is 1. The van der Waals surface area contributed by atoms with Crippen molar-refractivity contribution in [2.45, 2.75) is 13.5 Å². The Morgan fingerprint density at radius 3 is 2.69 bits per heavy atom. The predicted molar refractivity (Wildman–Crippen MR) is 48.5 cm³/mol. The number of hydrogen-bond donors (Lipinski definition) is 0. The molecule has 0 aliphatic rings. The Morgan fingerprint density at radius 2 is 2.15 bits per heavy atom. The fourth-order valence-electron chi connectivity index (χ4n) is 0.839. The van der Waals surface area contributed by atoms with E-state index in [2.05, 4.69) is 4.74 Å². The third-order valence-electron chi connectivity index (χ3n) is 1.48. The molecular weight excluding hydrogens is 168 g/mol. The fraction of sp³-hybridized carbons (Fsp3) is 0.300. The fourth-order valence-corrected chi connectivity index (χ4v) is 0.839. The standard InChI is InChI=1S/C10H12O3/c1-8(11)13-7-9-3-5-10(12-2)6-4-9/h3-6H,7H2,1-2H3/i2D3. The molecule has 0 saturated carbocycles. The van der Waals surface area contributed by atoms with Gasteiger partial charge >= 0.3 is 5.97 Å². The molecule has 0 bridgehead atoms. The second kappa shape index (κ2) is 4.50. The topological polar surface area (TPSA) is 35.5 Å². The van der Waals surface area contributed by atoms with Crippen LogP contribution in [-0.4, -0.2) is 13.0 Å². The molecule has 0 amide bonds. The Hall–Kier alpha value is -1.51. The van der Waals surface area contributed by atoms with E-state index >= 15 is 0 Å². The molecule has 3 heteroatoms. The highest BCUT2D eigenvalue weighted by Gasteiger charge is 1.96. The SMILES string of the molecule is [2H]C([2H])([2H])Oc1ccc(COC(C)=O)cc1. The summed E-state index contributed by atoms with van der Waals surface area (Å²) in [4.78, 5) is 10.6. The number of hydrogen-bond acceptors (Lipinski definition) is 3. The number of benzene rings is 1. The van der Waals surface area contributed by atoms with Crippen LogP contribution in [0.1, 0.15) is 16.6 Å². The van der Waals surface area contributed by atoms with Crippen molar-refractivity contribution >= 4 is 5.97 Å². The Morgan fingerprint density at radius 1 is 1.46 bits per heavy atom. The highest BCUT2D eigenvalue weighted by Crippen LogP contribution is 2.11. The zero-order chi connectivity index (χ0) is 12.2. The molecule has 0 aliphatic carbocycles. The van der Waals surface area contributed by atoms with Crippen LogP contribution < -0.4 is 4.74 Å². The van der Waals surface area contributed by atoms with Gasteiger partial charge in [0, 0.05) is 6.92 Å². The molecule has 0 unspecified atom stereocenters. The van der Waals surface area contributed by atoms with E-state index in [0.29, 0.717) is 0 Å². The van der Waals surface area contributed by atoms with Crippen molar-refractivity contribution in [3.8, 4) is 5.75 Å². The minimum Gasteiger partial charge on any atom is -0.497 e. The van der Waals surface area contributed by atoms with Crippen LogP contribution in [0.4, 0.5) is 0 Å². The first-order valence-corrected chi connectivity index (χ1v) is 3.78. The summed E-state index contributed by atoms with van der Waals surface area (Å²) in [5.41, 5.74) is 0.771. The molecule has 0 saturated heterocycles. The van der Waals surface area contributed by atoms with Crippen LogP contribution in [0.2, 0.25) is 0 Å². The number of carbonyl (C=O) groups is 1. The first kappa shape index (κ1) is 6.02. The molecule has 0 fully saturated rings. The molecule has 1 rings (SSSR count). The minimum absolute atomic E-state index is 0.170. The zero-order valence-electron chi connectivity index (χ0n) is 10.2. The lowest BCUT2D eigenvalue weighted by molar-refractivity contribution is -0.142. The van der Waals surface area contributed by atoms with Gasteiger partial charge in [0.1, 0.15) is 12.4 Å². The van der Waals surface area contributed by atoms with Gasteiger partial charge in [-0.2, -0.15) is 0 Å². The van der Waals surface area contributed by atoms with Gasteiger partial charge in [-0.25, -0.2) is 0 Å². The molecule has 70 valence electrons. The highest BCUT2D eigenvalue weighted by atomic mass is 16.5. The van der Waals surface area contributed by atoms with Crippen LogP contribution in [0.25, 0.3) is 0 Å². The maximum absolute atomic E-state index is 10.6. The zero-order valence-corrected chi connectivity index (χ0v) is 7.24. The van der Waals surface area contributed by atoms with Gasteiger partial charge in [-0.1, -0.05) is 12.1 Å². The summed E-state index contributed by atoms with van der Waals surface area (Å²) >= 11 is 0. The molecule has 0 heterocycles. The van der Waals surface area contributed by atoms with E-state index in [4.69, 9.17) is 8.85 Å². The van der Waals surface area contributed by atoms with Crippen LogP contribution in [0, 0.1) is 0 Å². The molecule has 0 atom stereocenters. The molecule has 0 aliphatic heterocycles. The average molecular weight is 183 g/mol. The van der Waals surface area contributed by atoms with Crippen molar-refractivity contribution in [2.24, 2.45) is 0 Å². The first-order chi connectivity index (χ1) is 7.37. The van der Waals surface area contributed by atoms with E-state index in [0.717, 1.165) is 5.56 Å². The first-order valence-electron chi connectivity index (χ1n) is 5.28. The lowest BCUT2D eigenvalue weighted by Gasteiger charge is -2.03. The van der Waals surface area contributed by atoms with Crippen molar-refractivity contribution in [3.63, 3.8) is 0 Å². The maximum Gasteiger partial charge on any atom is 0.302 e. The molecule has 3 nitrogen and oxygen atoms in total. The van der Waals surface area contributed by atoms with Crippen LogP contribution >= 0.6 is 0 Å². The van der Waals surface area contributed by atoms with Gasteiger partial charge in [0.05, 0.1) is 11.2 Å². The number of ether oxygens (including phenoxy) is 2. The molecule has 0 radical (unpaired) electrons. The van der Waals surface area contributed by atoms with Crippen LogP contribution in [0.5, 0.6) is 5.75 Å². The predicted octanol–water partition coefficient (Wildman–Crippen LogP) is 1.76. The quantitative estimate of drug-likeness (QED) is 0.670. The minimum atomic E-state index is -2.45. The summed E-state index contributed by atoms with van der Waals surface area (Å²) in [6, 6.07) is 6.32. The van der Waals surface area contributed by atoms with Gasteiger partial charge in [0.2, 0.25) is 0 Å². The van der Waals surface area contributed by atoms with Crippen molar-refractivity contribution < 1.29 is 18.4 Å². The summed E-state index contributed by atoms with van der Waals surface area (Å²) in [5.74, 6) is -0.102. The van der Waals surface area contributed by atoms with E-state index in [-0.39, 0.29) is 18.3 Å². The summed E-state index contributed by atoms with van der Waals surface area (Å²) in [6.07, 6.45) is 0. The summed E-state index contributed by atoms with van der Waals surface area (Å²) in [5, 5.41) is 0. The van der Waals surface area contributed by atoms with Crippen molar-refractivity contribution in [3.05, 3.63) is 29.8 Å². The molecule has 1 aromatic carbocycles. The molecular formula is C10H12O3. The van der Waals surface area contributed by atoms with E-state index in [1.165, 1.54) is 19.1 Å². The van der Waals surface area contributed by atoms with Crippen LogP contribution in [0.3, 0.4) is 0 Å². The third-order valence-corrected chi connectivity index (χ3v) is 1.48. The summed E-state index contributed by atoms with van der Waals surface area (Å²) in [7, 11) is -2.45. The van der Waals surface area contributed by atoms with Gasteiger partial charge < -0.3 is 9.47 Å². The summed E-state index contributed by atoms with van der Waals surface area (Å²) in [6.45, 7) is 1.50. The normalized spacial score (nSPS) is 13.8. The summed E-state index contributed by atoms with van der Waals surface area (Å²) < 4.78 is 30.2. The van der Waals surface area contributed by atoms with Gasteiger partial charge in [-0.15, -0.1) is 0 Å². The van der Waals surface area contributed by atoms with Crippen molar-refractivity contribution in [2.75, 3.05) is 7.04 Å². The lowest BCUT2D eigenvalue weighted by Crippen LogP contribution is -1.98. The second-order valence-corrected chi connectivity index (χ2v) is 2.53. The van der Waals surface area contributed by atoms with Gasteiger partial charge in [0.25, 0.3) is 0 Å². The number of carbonyl (C=O) groups excluding carboxylic acids is 1. The Balaban J connectivity index is 2.57. The second-order valence-electron chi connectivity index (χ2n) is 2.53. The molecule has 0 N–H and O–H groups in total. The van der Waals surface area contributed by atoms with Crippen LogP contribution in [-0.2, 0) is 16.1 Å². The number of rotatable bonds is 3. The van der Waals surface area contributed by atoms with Gasteiger partial charge in [-0.3, -0.25) is 4.79 Å². The molecule has 0 aromatic heterocycles. The average Bonchev–Trinajstić information content (AvgIpc) is 2.14. The van der Waals surface area contributed by atoms with E-state index in [1.54, 1.807) is 12.1 Å². The van der Waals surface area contributed by atoms with Crippen molar-refractivity contribution in [1.29, 1.82) is 0 Å². The van der Waals surface area contributed by atoms with Crippen LogP contribution in [0.15, 0.2) is 24.3 Å². The lowest BCUT2D eigenvalue weighted by atomic mass is 10.2. The molecule has 13 heavy (non-hydrogen) atoms. The Bertz CT molecular complexity index is 357.